The van der Waals surface area contributed by atoms with Crippen LogP contribution in [0.3, 0.4) is 0 Å². The third kappa shape index (κ3) is 2.62. The Hall–Kier alpha value is -1.04. The Morgan fingerprint density at radius 3 is 2.65 bits per heavy atom. The summed E-state index contributed by atoms with van der Waals surface area (Å²) in [5.74, 6) is 1.04. The number of anilines is 1. The van der Waals surface area contributed by atoms with Gasteiger partial charge in [-0.25, -0.2) is 9.97 Å². The molecule has 0 bridgehead atoms. The average molecular weight is 276 g/mol. The molecule has 0 unspecified atom stereocenters. The molecule has 2 aromatic heterocycles. The summed E-state index contributed by atoms with van der Waals surface area (Å²) in [5.41, 5.74) is 0.915. The van der Waals surface area contributed by atoms with Crippen molar-refractivity contribution in [2.45, 2.75) is 0 Å². The smallest absolute Gasteiger partial charge is 0.142 e. The van der Waals surface area contributed by atoms with Crippen molar-refractivity contribution < 1.29 is 0 Å². The molecule has 0 aromatic carbocycles. The van der Waals surface area contributed by atoms with Gasteiger partial charge in [0.05, 0.1) is 5.39 Å². The molecule has 2 N–H and O–H groups in total. The molecule has 2 aromatic rings. The lowest BCUT2D eigenvalue weighted by Crippen LogP contribution is -2.43. The Morgan fingerprint density at radius 2 is 1.88 bits per heavy atom. The highest BCUT2D eigenvalue weighted by molar-refractivity contribution is 5.87. The van der Waals surface area contributed by atoms with Gasteiger partial charge in [-0.2, -0.15) is 0 Å². The number of aromatic nitrogens is 3. The van der Waals surface area contributed by atoms with E-state index < -0.39 is 0 Å². The van der Waals surface area contributed by atoms with E-state index in [-0.39, 0.29) is 24.8 Å². The number of piperazine rings is 1. The van der Waals surface area contributed by atoms with Crippen LogP contribution in [0, 0.1) is 0 Å². The monoisotopic (exact) mass is 275 g/mol. The number of H-pyrrole nitrogens is 1. The van der Waals surface area contributed by atoms with Crippen LogP contribution in [0.1, 0.15) is 0 Å². The molecule has 7 heteroatoms. The molecule has 0 amide bonds. The second-order valence-electron chi connectivity index (χ2n) is 3.67. The van der Waals surface area contributed by atoms with E-state index in [1.807, 2.05) is 12.3 Å². The fourth-order valence-corrected chi connectivity index (χ4v) is 1.99. The minimum Gasteiger partial charge on any atom is -0.353 e. The van der Waals surface area contributed by atoms with Gasteiger partial charge in [-0.3, -0.25) is 0 Å². The van der Waals surface area contributed by atoms with Crippen LogP contribution in [0.2, 0.25) is 0 Å². The summed E-state index contributed by atoms with van der Waals surface area (Å²) < 4.78 is 0. The summed E-state index contributed by atoms with van der Waals surface area (Å²) in [6, 6.07) is 2.03. The fourth-order valence-electron chi connectivity index (χ4n) is 1.99. The predicted molar refractivity (Wildman–Crippen MR) is 73.5 cm³/mol. The molecular formula is C10H15Cl2N5. The number of rotatable bonds is 1. The second kappa shape index (κ2) is 6.05. The molecule has 5 nitrogen and oxygen atoms in total. The van der Waals surface area contributed by atoms with Crippen molar-refractivity contribution in [3.63, 3.8) is 0 Å². The normalized spacial score (nSPS) is 15.2. The van der Waals surface area contributed by atoms with Gasteiger partial charge in [0.2, 0.25) is 0 Å². The molecule has 1 saturated heterocycles. The molecule has 1 aliphatic heterocycles. The zero-order chi connectivity index (χ0) is 10.1. The van der Waals surface area contributed by atoms with Crippen LogP contribution in [0.4, 0.5) is 5.82 Å². The minimum atomic E-state index is 0. The zero-order valence-corrected chi connectivity index (χ0v) is 10.9. The maximum Gasteiger partial charge on any atom is 0.142 e. The summed E-state index contributed by atoms with van der Waals surface area (Å²) >= 11 is 0. The van der Waals surface area contributed by atoms with Gasteiger partial charge in [0.15, 0.2) is 0 Å². The molecule has 0 atom stereocenters. The number of aromatic amines is 1. The molecule has 94 valence electrons. The van der Waals surface area contributed by atoms with Crippen molar-refractivity contribution in [1.29, 1.82) is 0 Å². The highest BCUT2D eigenvalue weighted by atomic mass is 35.5. The Morgan fingerprint density at radius 1 is 1.12 bits per heavy atom. The van der Waals surface area contributed by atoms with Crippen LogP contribution in [0.15, 0.2) is 18.6 Å². The maximum atomic E-state index is 4.37. The lowest BCUT2D eigenvalue weighted by atomic mass is 10.3. The maximum absolute atomic E-state index is 4.37. The molecule has 0 spiro atoms. The summed E-state index contributed by atoms with van der Waals surface area (Å²) in [5, 5.41) is 4.44. The predicted octanol–water partition coefficient (Wildman–Crippen LogP) is 1.21. The SMILES string of the molecule is Cl.Cl.c1nc(N2CCNCC2)c2cc[nH]c2n1. The Labute approximate surface area is 112 Å². The lowest BCUT2D eigenvalue weighted by Gasteiger charge is -2.28. The van der Waals surface area contributed by atoms with E-state index in [0.717, 1.165) is 43.0 Å². The third-order valence-electron chi connectivity index (χ3n) is 2.75. The van der Waals surface area contributed by atoms with Crippen molar-refractivity contribution in [2.75, 3.05) is 31.1 Å². The Bertz CT molecular complexity index is 466. The van der Waals surface area contributed by atoms with Crippen LogP contribution in [-0.2, 0) is 0 Å². The van der Waals surface area contributed by atoms with E-state index >= 15 is 0 Å². The number of fused-ring (bicyclic) bond motifs is 1. The van der Waals surface area contributed by atoms with Gasteiger partial charge in [0.25, 0.3) is 0 Å². The first-order chi connectivity index (χ1) is 7.45. The molecule has 17 heavy (non-hydrogen) atoms. The molecule has 1 aliphatic rings. The molecule has 0 saturated carbocycles. The number of nitrogens with zero attached hydrogens (tertiary/aromatic N) is 3. The molecule has 3 rings (SSSR count). The summed E-state index contributed by atoms with van der Waals surface area (Å²) in [7, 11) is 0. The van der Waals surface area contributed by atoms with E-state index in [1.165, 1.54) is 0 Å². The van der Waals surface area contributed by atoms with Gasteiger partial charge in [0, 0.05) is 32.4 Å². The first-order valence-electron chi connectivity index (χ1n) is 5.19. The van der Waals surface area contributed by atoms with Gasteiger partial charge >= 0.3 is 0 Å². The molecule has 1 fully saturated rings. The Kier molecular flexibility index (Phi) is 4.99. The van der Waals surface area contributed by atoms with E-state index in [0.29, 0.717) is 0 Å². The molecule has 0 aliphatic carbocycles. The van der Waals surface area contributed by atoms with Gasteiger partial charge in [-0.05, 0) is 6.07 Å². The molecule has 3 heterocycles. The van der Waals surface area contributed by atoms with E-state index in [9.17, 15) is 0 Å². The van der Waals surface area contributed by atoms with Crippen molar-refractivity contribution in [1.82, 2.24) is 20.3 Å². The second-order valence-corrected chi connectivity index (χ2v) is 3.67. The van der Waals surface area contributed by atoms with Crippen LogP contribution < -0.4 is 10.2 Å². The standard InChI is InChI=1S/C10H13N5.2ClH/c1-2-12-9-8(1)10(14-7-13-9)15-5-3-11-4-6-15;;/h1-2,7,11H,3-6H2,(H,12,13,14);2*1H. The number of hydrogen-bond donors (Lipinski definition) is 2. The van der Waals surface area contributed by atoms with Gasteiger partial charge in [0.1, 0.15) is 17.8 Å². The minimum absolute atomic E-state index is 0. The summed E-state index contributed by atoms with van der Waals surface area (Å²) in [6.07, 6.45) is 3.53. The van der Waals surface area contributed by atoms with Gasteiger partial charge < -0.3 is 15.2 Å². The number of hydrogen-bond acceptors (Lipinski definition) is 4. The first kappa shape index (κ1) is 14.0. The fraction of sp³-hybridized carbons (Fsp3) is 0.400. The Balaban J connectivity index is 0.000000722. The van der Waals surface area contributed by atoms with Crippen LogP contribution in [0.5, 0.6) is 0 Å². The van der Waals surface area contributed by atoms with Crippen LogP contribution in [0.25, 0.3) is 11.0 Å². The highest BCUT2D eigenvalue weighted by Crippen LogP contribution is 2.21. The number of nitrogens with one attached hydrogen (secondary N) is 2. The summed E-state index contributed by atoms with van der Waals surface area (Å²) in [4.78, 5) is 14.0. The molecular weight excluding hydrogens is 261 g/mol. The average Bonchev–Trinajstić information content (AvgIpc) is 2.78. The number of halogens is 2. The van der Waals surface area contributed by atoms with Crippen LogP contribution >= 0.6 is 24.8 Å². The lowest BCUT2D eigenvalue weighted by molar-refractivity contribution is 0.586. The first-order valence-corrected chi connectivity index (χ1v) is 5.19. The van der Waals surface area contributed by atoms with E-state index in [4.69, 9.17) is 0 Å². The quantitative estimate of drug-likeness (QED) is 0.822. The van der Waals surface area contributed by atoms with Crippen LogP contribution in [-0.4, -0.2) is 41.1 Å². The highest BCUT2D eigenvalue weighted by Gasteiger charge is 2.14. The van der Waals surface area contributed by atoms with Crippen molar-refractivity contribution in [3.8, 4) is 0 Å². The largest absolute Gasteiger partial charge is 0.353 e. The van der Waals surface area contributed by atoms with Crippen molar-refractivity contribution in [2.24, 2.45) is 0 Å². The van der Waals surface area contributed by atoms with E-state index in [2.05, 4.69) is 25.2 Å². The third-order valence-corrected chi connectivity index (χ3v) is 2.75. The van der Waals surface area contributed by atoms with Crippen molar-refractivity contribution in [3.05, 3.63) is 18.6 Å². The van der Waals surface area contributed by atoms with Gasteiger partial charge in [-0.15, -0.1) is 24.8 Å². The topological polar surface area (TPSA) is 56.8 Å². The van der Waals surface area contributed by atoms with E-state index in [1.54, 1.807) is 6.33 Å². The zero-order valence-electron chi connectivity index (χ0n) is 9.22. The summed E-state index contributed by atoms with van der Waals surface area (Å²) in [6.45, 7) is 4.07. The molecule has 0 radical (unpaired) electrons. The van der Waals surface area contributed by atoms with Crippen molar-refractivity contribution >= 4 is 41.7 Å². The van der Waals surface area contributed by atoms with Gasteiger partial charge in [-0.1, -0.05) is 0 Å².